The Balaban J connectivity index is 1.73. The maximum Gasteiger partial charge on any atom is 0.261 e. The first-order valence-corrected chi connectivity index (χ1v) is 9.48. The summed E-state index contributed by atoms with van der Waals surface area (Å²) in [5.74, 6) is -5.07. The van der Waals surface area contributed by atoms with Gasteiger partial charge in [-0.3, -0.25) is 9.52 Å². The standard InChI is InChI=1S/C19H12F4N2O3S/c20-11-1-7-16(21)15(9-11)19(26)24-12-2-4-13(5-3-12)25-29(27,28)14-6-8-17(22)18(23)10-14/h1-10,25H,(H,24,26). The molecule has 0 fully saturated rings. The van der Waals surface area contributed by atoms with E-state index in [1.807, 2.05) is 0 Å². The molecule has 150 valence electrons. The van der Waals surface area contributed by atoms with Crippen LogP contribution in [-0.4, -0.2) is 14.3 Å². The van der Waals surface area contributed by atoms with Gasteiger partial charge < -0.3 is 5.32 Å². The number of carbonyl (C=O) groups excluding carboxylic acids is 1. The molecular formula is C19H12F4N2O3S. The summed E-state index contributed by atoms with van der Waals surface area (Å²) in [6.45, 7) is 0. The average molecular weight is 424 g/mol. The van der Waals surface area contributed by atoms with Gasteiger partial charge in [0.25, 0.3) is 15.9 Å². The Labute approximate surface area is 163 Å². The van der Waals surface area contributed by atoms with Gasteiger partial charge in [-0.05, 0) is 60.7 Å². The quantitative estimate of drug-likeness (QED) is 0.600. The number of sulfonamides is 1. The summed E-state index contributed by atoms with van der Waals surface area (Å²) in [6, 6.07) is 9.78. The highest BCUT2D eigenvalue weighted by Gasteiger charge is 2.17. The minimum absolute atomic E-state index is 0.0738. The number of rotatable bonds is 5. The van der Waals surface area contributed by atoms with Crippen molar-refractivity contribution in [3.63, 3.8) is 0 Å². The number of amides is 1. The lowest BCUT2D eigenvalue weighted by molar-refractivity contribution is 0.102. The van der Waals surface area contributed by atoms with Crippen LogP contribution in [0, 0.1) is 23.3 Å². The number of hydrogen-bond donors (Lipinski definition) is 2. The van der Waals surface area contributed by atoms with Gasteiger partial charge in [0.05, 0.1) is 10.5 Å². The lowest BCUT2D eigenvalue weighted by atomic mass is 10.2. The van der Waals surface area contributed by atoms with E-state index in [-0.39, 0.29) is 11.4 Å². The lowest BCUT2D eigenvalue weighted by Crippen LogP contribution is -2.15. The molecule has 10 heteroatoms. The maximum atomic E-state index is 13.6. The molecule has 0 aliphatic rings. The summed E-state index contributed by atoms with van der Waals surface area (Å²) < 4.78 is 79.7. The highest BCUT2D eigenvalue weighted by molar-refractivity contribution is 7.92. The molecule has 0 unspecified atom stereocenters. The Hall–Kier alpha value is -3.40. The molecule has 2 N–H and O–H groups in total. The summed E-state index contributed by atoms with van der Waals surface area (Å²) in [7, 11) is -4.18. The van der Waals surface area contributed by atoms with Crippen molar-refractivity contribution in [2.75, 3.05) is 10.0 Å². The predicted molar refractivity (Wildman–Crippen MR) is 97.9 cm³/mol. The molecule has 1 amide bonds. The van der Waals surface area contributed by atoms with Crippen molar-refractivity contribution in [2.45, 2.75) is 4.90 Å². The van der Waals surface area contributed by atoms with E-state index >= 15 is 0 Å². The van der Waals surface area contributed by atoms with E-state index in [1.54, 1.807) is 0 Å². The molecule has 0 heterocycles. The molecule has 0 atom stereocenters. The molecule has 5 nitrogen and oxygen atoms in total. The van der Waals surface area contributed by atoms with Gasteiger partial charge in [0, 0.05) is 11.4 Å². The second kappa shape index (κ2) is 7.92. The van der Waals surface area contributed by atoms with Gasteiger partial charge in [-0.1, -0.05) is 0 Å². The molecule has 0 aliphatic carbocycles. The van der Waals surface area contributed by atoms with Crippen LogP contribution in [0.3, 0.4) is 0 Å². The average Bonchev–Trinajstić information content (AvgIpc) is 2.67. The molecule has 29 heavy (non-hydrogen) atoms. The van der Waals surface area contributed by atoms with Crippen LogP contribution >= 0.6 is 0 Å². The van der Waals surface area contributed by atoms with Gasteiger partial charge in [-0.15, -0.1) is 0 Å². The molecule has 3 rings (SSSR count). The first-order chi connectivity index (χ1) is 13.7. The van der Waals surface area contributed by atoms with Crippen molar-refractivity contribution in [2.24, 2.45) is 0 Å². The molecule has 0 spiro atoms. The lowest BCUT2D eigenvalue weighted by Gasteiger charge is -2.10. The maximum absolute atomic E-state index is 13.6. The SMILES string of the molecule is O=C(Nc1ccc(NS(=O)(=O)c2ccc(F)c(F)c2)cc1)c1cc(F)ccc1F. The van der Waals surface area contributed by atoms with E-state index in [0.717, 1.165) is 24.3 Å². The van der Waals surface area contributed by atoms with Crippen molar-refractivity contribution >= 4 is 27.3 Å². The second-order valence-electron chi connectivity index (χ2n) is 5.84. The molecule has 3 aromatic rings. The van der Waals surface area contributed by atoms with Crippen molar-refractivity contribution in [1.29, 1.82) is 0 Å². The van der Waals surface area contributed by atoms with E-state index in [4.69, 9.17) is 0 Å². The fraction of sp³-hybridized carbons (Fsp3) is 0. The van der Waals surface area contributed by atoms with Crippen LogP contribution in [-0.2, 0) is 10.0 Å². The second-order valence-corrected chi connectivity index (χ2v) is 7.52. The van der Waals surface area contributed by atoms with Gasteiger partial charge in [0.15, 0.2) is 11.6 Å². The van der Waals surface area contributed by atoms with Gasteiger partial charge in [0.2, 0.25) is 0 Å². The fourth-order valence-corrected chi connectivity index (χ4v) is 3.42. The van der Waals surface area contributed by atoms with Crippen LogP contribution in [0.1, 0.15) is 10.4 Å². The van der Waals surface area contributed by atoms with Crippen molar-refractivity contribution in [1.82, 2.24) is 0 Å². The van der Waals surface area contributed by atoms with Gasteiger partial charge >= 0.3 is 0 Å². The Morgan fingerprint density at radius 3 is 2.00 bits per heavy atom. The van der Waals surface area contributed by atoms with Gasteiger partial charge in [-0.2, -0.15) is 0 Å². The Bertz CT molecular complexity index is 1180. The zero-order valence-corrected chi connectivity index (χ0v) is 15.2. The van der Waals surface area contributed by atoms with Gasteiger partial charge in [0.1, 0.15) is 11.6 Å². The predicted octanol–water partition coefficient (Wildman–Crippen LogP) is 4.30. The largest absolute Gasteiger partial charge is 0.322 e. The fourth-order valence-electron chi connectivity index (χ4n) is 2.35. The molecular weight excluding hydrogens is 412 g/mol. The van der Waals surface area contributed by atoms with Crippen LogP contribution < -0.4 is 10.0 Å². The number of hydrogen-bond acceptors (Lipinski definition) is 3. The molecule has 0 aromatic heterocycles. The number of nitrogens with one attached hydrogen (secondary N) is 2. The summed E-state index contributed by atoms with van der Waals surface area (Å²) in [4.78, 5) is 11.6. The van der Waals surface area contributed by atoms with E-state index in [2.05, 4.69) is 10.0 Å². The number of halogens is 4. The number of anilines is 2. The highest BCUT2D eigenvalue weighted by atomic mass is 32.2. The molecule has 0 aliphatic heterocycles. The third kappa shape index (κ3) is 4.72. The van der Waals surface area contributed by atoms with Crippen molar-refractivity contribution in [3.8, 4) is 0 Å². The van der Waals surface area contributed by atoms with E-state index < -0.39 is 49.7 Å². The summed E-state index contributed by atoms with van der Waals surface area (Å²) in [5.41, 5.74) is -0.229. The third-order valence-corrected chi connectivity index (χ3v) is 5.15. The first kappa shape index (κ1) is 20.3. The van der Waals surface area contributed by atoms with E-state index in [0.29, 0.717) is 12.1 Å². The zero-order chi connectivity index (χ0) is 21.2. The van der Waals surface area contributed by atoms with E-state index in [9.17, 15) is 30.8 Å². The van der Waals surface area contributed by atoms with Crippen LogP contribution in [0.25, 0.3) is 0 Å². The van der Waals surface area contributed by atoms with Crippen LogP contribution in [0.5, 0.6) is 0 Å². The Kier molecular flexibility index (Phi) is 5.55. The van der Waals surface area contributed by atoms with Crippen LogP contribution in [0.4, 0.5) is 28.9 Å². The third-order valence-electron chi connectivity index (χ3n) is 3.77. The zero-order valence-electron chi connectivity index (χ0n) is 14.4. The summed E-state index contributed by atoms with van der Waals surface area (Å²) in [6.07, 6.45) is 0. The minimum atomic E-state index is -4.18. The number of benzene rings is 3. The molecule has 0 radical (unpaired) electrons. The summed E-state index contributed by atoms with van der Waals surface area (Å²) >= 11 is 0. The topological polar surface area (TPSA) is 75.3 Å². The van der Waals surface area contributed by atoms with E-state index in [1.165, 1.54) is 24.3 Å². The van der Waals surface area contributed by atoms with Crippen LogP contribution in [0.15, 0.2) is 65.6 Å². The minimum Gasteiger partial charge on any atom is -0.322 e. The smallest absolute Gasteiger partial charge is 0.261 e. The Morgan fingerprint density at radius 2 is 1.34 bits per heavy atom. The number of carbonyl (C=O) groups is 1. The monoisotopic (exact) mass is 424 g/mol. The molecule has 3 aromatic carbocycles. The highest BCUT2D eigenvalue weighted by Crippen LogP contribution is 2.21. The van der Waals surface area contributed by atoms with Crippen LogP contribution in [0.2, 0.25) is 0 Å². The van der Waals surface area contributed by atoms with Gasteiger partial charge in [-0.25, -0.2) is 26.0 Å². The van der Waals surface area contributed by atoms with Crippen molar-refractivity contribution < 1.29 is 30.8 Å². The Morgan fingerprint density at radius 1 is 0.724 bits per heavy atom. The molecule has 0 saturated carbocycles. The first-order valence-electron chi connectivity index (χ1n) is 8.00. The normalized spacial score (nSPS) is 11.2. The van der Waals surface area contributed by atoms with Crippen molar-refractivity contribution in [3.05, 3.63) is 89.5 Å². The molecule has 0 saturated heterocycles. The summed E-state index contributed by atoms with van der Waals surface area (Å²) in [5, 5.41) is 2.35. The molecule has 0 bridgehead atoms.